The first kappa shape index (κ1) is 19.3. The van der Waals surface area contributed by atoms with Crippen LogP contribution in [0.3, 0.4) is 0 Å². The second-order valence-corrected chi connectivity index (χ2v) is 8.11. The molecule has 142 valence electrons. The van der Waals surface area contributed by atoms with Crippen molar-refractivity contribution in [3.8, 4) is 0 Å². The summed E-state index contributed by atoms with van der Waals surface area (Å²) in [5.74, 6) is -0.392. The Bertz CT molecular complexity index is 797. The number of benzene rings is 2. The number of carbonyl (C=O) groups is 2. The molecule has 27 heavy (non-hydrogen) atoms. The van der Waals surface area contributed by atoms with Gasteiger partial charge in [0.25, 0.3) is 0 Å². The van der Waals surface area contributed by atoms with Crippen molar-refractivity contribution in [2.45, 2.75) is 29.5 Å². The van der Waals surface area contributed by atoms with E-state index in [1.54, 1.807) is 7.05 Å². The second kappa shape index (κ2) is 8.95. The molecule has 2 unspecified atom stereocenters. The lowest BCUT2D eigenvalue weighted by Gasteiger charge is -2.25. The lowest BCUT2D eigenvalue weighted by Crippen LogP contribution is -2.44. The molecule has 0 saturated heterocycles. The summed E-state index contributed by atoms with van der Waals surface area (Å²) in [4.78, 5) is 28.4. The summed E-state index contributed by atoms with van der Waals surface area (Å²) in [6.45, 7) is 3.25. The molecule has 0 bridgehead atoms. The van der Waals surface area contributed by atoms with Gasteiger partial charge in [0.2, 0.25) is 11.8 Å². The van der Waals surface area contributed by atoms with Gasteiger partial charge in [-0.25, -0.2) is 0 Å². The third kappa shape index (κ3) is 4.83. The topological polar surface area (TPSA) is 61.4 Å². The number of nitrogens with zero attached hydrogens (tertiary/aromatic N) is 1. The Morgan fingerprint density at radius 1 is 1.15 bits per heavy atom. The van der Waals surface area contributed by atoms with E-state index in [0.717, 1.165) is 24.2 Å². The van der Waals surface area contributed by atoms with Gasteiger partial charge in [-0.3, -0.25) is 9.59 Å². The molecule has 0 aromatic heterocycles. The molecule has 2 aromatic rings. The molecule has 2 N–H and O–H groups in total. The van der Waals surface area contributed by atoms with Gasteiger partial charge in [-0.05, 0) is 24.1 Å². The SMILES string of the molecule is CNC(=O)C(NC(=O)CN1CCC(C)Sc2ccccc21)c1ccccc1. The van der Waals surface area contributed by atoms with Crippen LogP contribution in [0.1, 0.15) is 24.9 Å². The van der Waals surface area contributed by atoms with Crippen molar-refractivity contribution in [1.29, 1.82) is 0 Å². The molecule has 5 nitrogen and oxygen atoms in total. The largest absolute Gasteiger partial charge is 0.361 e. The van der Waals surface area contributed by atoms with Gasteiger partial charge in [0.05, 0.1) is 12.2 Å². The van der Waals surface area contributed by atoms with Crippen LogP contribution in [-0.2, 0) is 9.59 Å². The van der Waals surface area contributed by atoms with E-state index in [1.165, 1.54) is 4.90 Å². The zero-order valence-corrected chi connectivity index (χ0v) is 16.5. The predicted molar refractivity (Wildman–Crippen MR) is 110 cm³/mol. The van der Waals surface area contributed by atoms with Gasteiger partial charge >= 0.3 is 0 Å². The molecule has 0 spiro atoms. The van der Waals surface area contributed by atoms with Gasteiger partial charge in [0, 0.05) is 23.7 Å². The Hall–Kier alpha value is -2.47. The number of likely N-dealkylation sites (N-methyl/N-ethyl adjacent to an activating group) is 1. The maximum absolute atomic E-state index is 12.8. The van der Waals surface area contributed by atoms with Crippen molar-refractivity contribution in [3.05, 3.63) is 60.2 Å². The third-order valence-electron chi connectivity index (χ3n) is 4.62. The summed E-state index contributed by atoms with van der Waals surface area (Å²) >= 11 is 1.85. The number of nitrogens with one attached hydrogen (secondary N) is 2. The lowest BCUT2D eigenvalue weighted by molar-refractivity contribution is -0.128. The number of fused-ring (bicyclic) bond motifs is 1. The van der Waals surface area contributed by atoms with E-state index in [0.29, 0.717) is 5.25 Å². The monoisotopic (exact) mass is 383 g/mol. The van der Waals surface area contributed by atoms with Gasteiger partial charge in [0.15, 0.2) is 0 Å². The van der Waals surface area contributed by atoms with Gasteiger partial charge in [-0.2, -0.15) is 0 Å². The Morgan fingerprint density at radius 3 is 2.59 bits per heavy atom. The molecular formula is C21H25N3O2S. The van der Waals surface area contributed by atoms with E-state index >= 15 is 0 Å². The Balaban J connectivity index is 1.75. The molecule has 0 fully saturated rings. The van der Waals surface area contributed by atoms with Crippen molar-refractivity contribution < 1.29 is 9.59 Å². The summed E-state index contributed by atoms with van der Waals surface area (Å²) in [7, 11) is 1.58. The number of anilines is 1. The maximum Gasteiger partial charge on any atom is 0.246 e. The highest BCUT2D eigenvalue weighted by molar-refractivity contribution is 8.00. The molecular weight excluding hydrogens is 358 g/mol. The van der Waals surface area contributed by atoms with Gasteiger partial charge < -0.3 is 15.5 Å². The molecule has 2 aromatic carbocycles. The summed E-state index contributed by atoms with van der Waals surface area (Å²) < 4.78 is 0. The van der Waals surface area contributed by atoms with E-state index < -0.39 is 6.04 Å². The normalized spacial score (nSPS) is 17.4. The number of amides is 2. The van der Waals surface area contributed by atoms with Crippen LogP contribution in [0, 0.1) is 0 Å². The Kier molecular flexibility index (Phi) is 6.40. The van der Waals surface area contributed by atoms with Crippen LogP contribution >= 0.6 is 11.8 Å². The number of thioether (sulfide) groups is 1. The van der Waals surface area contributed by atoms with Crippen molar-refractivity contribution >= 4 is 29.3 Å². The molecule has 6 heteroatoms. The molecule has 3 rings (SSSR count). The summed E-state index contributed by atoms with van der Waals surface area (Å²) in [6.07, 6.45) is 1.00. The molecule has 0 radical (unpaired) electrons. The fourth-order valence-corrected chi connectivity index (χ4v) is 4.32. The highest BCUT2D eigenvalue weighted by Gasteiger charge is 2.25. The van der Waals surface area contributed by atoms with E-state index in [-0.39, 0.29) is 18.4 Å². The molecule has 1 heterocycles. The quantitative estimate of drug-likeness (QED) is 0.833. The maximum atomic E-state index is 12.8. The van der Waals surface area contributed by atoms with Crippen molar-refractivity contribution in [1.82, 2.24) is 10.6 Å². The number of para-hydroxylation sites is 1. The zero-order valence-electron chi connectivity index (χ0n) is 15.6. The minimum atomic E-state index is -0.695. The lowest BCUT2D eigenvalue weighted by atomic mass is 10.1. The van der Waals surface area contributed by atoms with Crippen molar-refractivity contribution in [2.24, 2.45) is 0 Å². The number of hydrogen-bond donors (Lipinski definition) is 2. The standard InChI is InChI=1S/C21H25N3O2S/c1-15-12-13-24(17-10-6-7-11-18(17)27-15)14-19(25)23-20(21(26)22-2)16-8-4-3-5-9-16/h3-11,15,20H,12-14H2,1-2H3,(H,22,26)(H,23,25). The Labute approximate surface area is 164 Å². The first-order valence-corrected chi connectivity index (χ1v) is 10.0. The third-order valence-corrected chi connectivity index (χ3v) is 5.86. The number of hydrogen-bond acceptors (Lipinski definition) is 4. The summed E-state index contributed by atoms with van der Waals surface area (Å²) in [5, 5.41) is 6.03. The molecule has 1 aliphatic heterocycles. The fourth-order valence-electron chi connectivity index (χ4n) is 3.19. The van der Waals surface area contributed by atoms with Crippen molar-refractivity contribution in [3.63, 3.8) is 0 Å². The number of carbonyl (C=O) groups excluding carboxylic acids is 2. The predicted octanol–water partition coefficient (Wildman–Crippen LogP) is 2.98. The molecule has 0 aliphatic carbocycles. The minimum Gasteiger partial charge on any atom is -0.361 e. The first-order valence-electron chi connectivity index (χ1n) is 9.15. The molecule has 2 atom stereocenters. The molecule has 0 saturated carbocycles. The smallest absolute Gasteiger partial charge is 0.246 e. The van der Waals surface area contributed by atoms with Crippen LogP contribution in [-0.4, -0.2) is 37.2 Å². The molecule has 1 aliphatic rings. The van der Waals surface area contributed by atoms with Crippen molar-refractivity contribution in [2.75, 3.05) is 25.0 Å². The summed E-state index contributed by atoms with van der Waals surface area (Å²) in [6, 6.07) is 16.8. The first-order chi connectivity index (χ1) is 13.1. The second-order valence-electron chi connectivity index (χ2n) is 6.63. The van der Waals surface area contributed by atoms with E-state index in [9.17, 15) is 9.59 Å². The summed E-state index contributed by atoms with van der Waals surface area (Å²) in [5.41, 5.74) is 1.85. The number of rotatable bonds is 5. The van der Waals surface area contributed by atoms with E-state index in [2.05, 4.69) is 34.6 Å². The fraction of sp³-hybridized carbons (Fsp3) is 0.333. The van der Waals surface area contributed by atoms with Crippen LogP contribution in [0.4, 0.5) is 5.69 Å². The van der Waals surface area contributed by atoms with Gasteiger partial charge in [0.1, 0.15) is 6.04 Å². The van der Waals surface area contributed by atoms with Crippen LogP contribution in [0.15, 0.2) is 59.5 Å². The average Bonchev–Trinajstić information content (AvgIpc) is 2.85. The van der Waals surface area contributed by atoms with Crippen LogP contribution < -0.4 is 15.5 Å². The van der Waals surface area contributed by atoms with Gasteiger partial charge in [-0.15, -0.1) is 11.8 Å². The average molecular weight is 384 g/mol. The van der Waals surface area contributed by atoms with E-state index in [4.69, 9.17) is 0 Å². The van der Waals surface area contributed by atoms with E-state index in [1.807, 2.05) is 54.2 Å². The minimum absolute atomic E-state index is 0.165. The zero-order chi connectivity index (χ0) is 19.2. The Morgan fingerprint density at radius 2 is 1.85 bits per heavy atom. The highest BCUT2D eigenvalue weighted by atomic mass is 32.2. The van der Waals surface area contributed by atoms with Crippen LogP contribution in [0.5, 0.6) is 0 Å². The van der Waals surface area contributed by atoms with Crippen LogP contribution in [0.2, 0.25) is 0 Å². The highest BCUT2D eigenvalue weighted by Crippen LogP contribution is 2.37. The van der Waals surface area contributed by atoms with Crippen LogP contribution in [0.25, 0.3) is 0 Å². The molecule has 2 amide bonds. The van der Waals surface area contributed by atoms with Gasteiger partial charge in [-0.1, -0.05) is 49.4 Å².